The van der Waals surface area contributed by atoms with Crippen molar-refractivity contribution in [3.8, 4) is 16.9 Å². The molecule has 8 nitrogen and oxygen atoms in total. The molecule has 1 aromatic heterocycles. The van der Waals surface area contributed by atoms with Gasteiger partial charge in [-0.1, -0.05) is 55.5 Å². The van der Waals surface area contributed by atoms with Crippen LogP contribution >= 0.6 is 0 Å². The molecule has 41 heavy (non-hydrogen) atoms. The Morgan fingerprint density at radius 3 is 2.27 bits per heavy atom. The number of para-hydroxylation sites is 1. The zero-order valence-electron chi connectivity index (χ0n) is 24.7. The van der Waals surface area contributed by atoms with Crippen LogP contribution < -0.4 is 10.3 Å². The molecular weight excluding hydrogens is 518 g/mol. The molecule has 0 unspecified atom stereocenters. The third-order valence-corrected chi connectivity index (χ3v) is 8.21. The summed E-state index contributed by atoms with van der Waals surface area (Å²) >= 11 is 0. The molecule has 0 radical (unpaired) electrons. The molecule has 218 valence electrons. The minimum atomic E-state index is -1.18. The molecule has 1 fully saturated rings. The number of nitrogens with zero attached hydrogens (tertiary/aromatic N) is 3. The molecule has 0 bridgehead atoms. The highest BCUT2D eigenvalue weighted by atomic mass is 16.5. The van der Waals surface area contributed by atoms with E-state index in [-0.39, 0.29) is 35.9 Å². The van der Waals surface area contributed by atoms with Crippen molar-refractivity contribution in [2.45, 2.75) is 64.1 Å². The van der Waals surface area contributed by atoms with Crippen LogP contribution in [0.1, 0.15) is 61.9 Å². The first-order valence-corrected chi connectivity index (χ1v) is 14.2. The number of carbonyl (C=O) groups excluding carboxylic acids is 2. The number of ether oxygens (including phenoxy) is 1. The van der Waals surface area contributed by atoms with Crippen LogP contribution in [0, 0.1) is 0 Å². The maximum absolute atomic E-state index is 13.6. The average Bonchev–Trinajstić information content (AvgIpc) is 2.97. The second-order valence-corrected chi connectivity index (χ2v) is 11.4. The second-order valence-electron chi connectivity index (χ2n) is 11.4. The summed E-state index contributed by atoms with van der Waals surface area (Å²) in [5, 5.41) is 11.5. The predicted octanol–water partition coefficient (Wildman–Crippen LogP) is 4.55. The molecule has 0 saturated carbocycles. The van der Waals surface area contributed by atoms with Crippen molar-refractivity contribution in [1.82, 2.24) is 14.4 Å². The first-order valence-electron chi connectivity index (χ1n) is 14.2. The van der Waals surface area contributed by atoms with E-state index in [1.54, 1.807) is 36.2 Å². The molecule has 1 aliphatic heterocycles. The first-order chi connectivity index (χ1) is 19.5. The van der Waals surface area contributed by atoms with Gasteiger partial charge in [-0.3, -0.25) is 14.4 Å². The normalized spacial score (nSPS) is 15.4. The lowest BCUT2D eigenvalue weighted by atomic mass is 9.90. The quantitative estimate of drug-likeness (QED) is 0.415. The number of likely N-dealkylation sites (tertiary alicyclic amines) is 1. The van der Waals surface area contributed by atoms with E-state index in [0.29, 0.717) is 54.8 Å². The molecule has 2 amide bonds. The Balaban J connectivity index is 1.55. The summed E-state index contributed by atoms with van der Waals surface area (Å²) in [5.74, 6) is 0.494. The minimum Gasteiger partial charge on any atom is -0.496 e. The molecule has 0 spiro atoms. The van der Waals surface area contributed by atoms with Crippen molar-refractivity contribution in [2.75, 3.05) is 27.2 Å². The van der Waals surface area contributed by atoms with Gasteiger partial charge in [-0.25, -0.2) is 0 Å². The maximum atomic E-state index is 13.6. The van der Waals surface area contributed by atoms with Gasteiger partial charge in [0.25, 0.3) is 11.5 Å². The van der Waals surface area contributed by atoms with Crippen molar-refractivity contribution in [2.24, 2.45) is 0 Å². The number of carbonyl (C=O) groups is 2. The van der Waals surface area contributed by atoms with E-state index in [0.717, 1.165) is 5.56 Å². The third kappa shape index (κ3) is 6.88. The highest BCUT2D eigenvalue weighted by molar-refractivity contribution is 6.01. The number of amides is 2. The Morgan fingerprint density at radius 2 is 1.63 bits per heavy atom. The monoisotopic (exact) mass is 559 g/mol. The number of benzene rings is 2. The van der Waals surface area contributed by atoms with E-state index in [2.05, 4.69) is 0 Å². The van der Waals surface area contributed by atoms with Crippen molar-refractivity contribution < 1.29 is 19.4 Å². The van der Waals surface area contributed by atoms with Gasteiger partial charge >= 0.3 is 0 Å². The molecule has 4 rings (SSSR count). The number of aromatic nitrogens is 1. The Kier molecular flexibility index (Phi) is 9.33. The summed E-state index contributed by atoms with van der Waals surface area (Å²) in [6.45, 7) is 6.75. The van der Waals surface area contributed by atoms with E-state index in [1.165, 1.54) is 10.6 Å². The Labute approximate surface area is 242 Å². The summed E-state index contributed by atoms with van der Waals surface area (Å²) in [6, 6.07) is 18.6. The Morgan fingerprint density at radius 1 is 1.00 bits per heavy atom. The van der Waals surface area contributed by atoms with Crippen molar-refractivity contribution in [3.05, 3.63) is 88.3 Å². The molecule has 1 saturated heterocycles. The highest BCUT2D eigenvalue weighted by Crippen LogP contribution is 2.33. The van der Waals surface area contributed by atoms with Gasteiger partial charge in [0.05, 0.1) is 24.8 Å². The van der Waals surface area contributed by atoms with Gasteiger partial charge in [-0.05, 0) is 44.2 Å². The molecule has 0 aliphatic carbocycles. The van der Waals surface area contributed by atoms with Gasteiger partial charge < -0.3 is 24.2 Å². The number of rotatable bonds is 9. The Bertz CT molecular complexity index is 1420. The van der Waals surface area contributed by atoms with Crippen LogP contribution in [0.5, 0.6) is 5.75 Å². The molecule has 1 atom stereocenters. The SMILES string of the molecule is COc1ccccc1-c1cc(=O)n(CC2(O)CCN(C(=O)C[C@@H](C)c3ccccc3)CC2)cc1C(=O)N(C)C(C)C. The van der Waals surface area contributed by atoms with Crippen LogP contribution in [0.2, 0.25) is 0 Å². The standard InChI is InChI=1S/C33H41N3O5/c1-23(2)34(4)32(39)28-21-36(31(38)20-27(28)26-13-9-10-14-29(26)41-5)22-33(40)15-17-35(18-16-33)30(37)19-24(3)25-11-7-6-8-12-25/h6-14,20-21,23-24,40H,15-19,22H2,1-5H3/t24-/m1/s1. The topological polar surface area (TPSA) is 92.1 Å². The van der Waals surface area contributed by atoms with Crippen molar-refractivity contribution >= 4 is 11.8 Å². The van der Waals surface area contributed by atoms with Crippen LogP contribution in [0.25, 0.3) is 11.1 Å². The predicted molar refractivity (Wildman–Crippen MR) is 160 cm³/mol. The fourth-order valence-electron chi connectivity index (χ4n) is 5.32. The van der Waals surface area contributed by atoms with Crippen molar-refractivity contribution in [3.63, 3.8) is 0 Å². The lowest BCUT2D eigenvalue weighted by Crippen LogP contribution is -2.49. The Hall–Kier alpha value is -3.91. The van der Waals surface area contributed by atoms with Gasteiger partial charge in [-0.2, -0.15) is 0 Å². The fourth-order valence-corrected chi connectivity index (χ4v) is 5.32. The summed E-state index contributed by atoms with van der Waals surface area (Å²) in [6.07, 6.45) is 2.65. The molecule has 3 aromatic rings. The van der Waals surface area contributed by atoms with Crippen LogP contribution in [0.15, 0.2) is 71.7 Å². The number of methoxy groups -OCH3 is 1. The molecular formula is C33H41N3O5. The summed E-state index contributed by atoms with van der Waals surface area (Å²) < 4.78 is 6.95. The van der Waals surface area contributed by atoms with E-state index < -0.39 is 5.60 Å². The van der Waals surface area contributed by atoms with Gasteiger partial charge in [0, 0.05) is 56.0 Å². The second kappa shape index (κ2) is 12.7. The van der Waals surface area contributed by atoms with Crippen LogP contribution in [-0.2, 0) is 11.3 Å². The average molecular weight is 560 g/mol. The van der Waals surface area contributed by atoms with Gasteiger partial charge in [0.1, 0.15) is 5.75 Å². The molecule has 1 N–H and O–H groups in total. The molecule has 8 heteroatoms. The van der Waals surface area contributed by atoms with Crippen LogP contribution in [0.3, 0.4) is 0 Å². The van der Waals surface area contributed by atoms with E-state index in [4.69, 9.17) is 4.74 Å². The summed E-state index contributed by atoms with van der Waals surface area (Å²) in [7, 11) is 3.28. The lowest BCUT2D eigenvalue weighted by molar-refractivity contribution is -0.136. The smallest absolute Gasteiger partial charge is 0.255 e. The number of pyridine rings is 1. The largest absolute Gasteiger partial charge is 0.496 e. The van der Waals surface area contributed by atoms with E-state index in [1.807, 2.05) is 69.3 Å². The maximum Gasteiger partial charge on any atom is 0.255 e. The van der Waals surface area contributed by atoms with Crippen LogP contribution in [0.4, 0.5) is 0 Å². The summed E-state index contributed by atoms with van der Waals surface area (Å²) in [4.78, 5) is 43.4. The number of hydrogen-bond donors (Lipinski definition) is 1. The molecule has 1 aliphatic rings. The van der Waals surface area contributed by atoms with Gasteiger partial charge in [0.2, 0.25) is 5.91 Å². The number of hydrogen-bond acceptors (Lipinski definition) is 5. The fraction of sp³-hybridized carbons (Fsp3) is 0.424. The molecule has 2 aromatic carbocycles. The minimum absolute atomic E-state index is 0.0339. The van der Waals surface area contributed by atoms with Crippen molar-refractivity contribution in [1.29, 1.82) is 0 Å². The van der Waals surface area contributed by atoms with Crippen LogP contribution in [-0.4, -0.2) is 70.2 Å². The zero-order chi connectivity index (χ0) is 29.7. The van der Waals surface area contributed by atoms with Gasteiger partial charge in [0.15, 0.2) is 0 Å². The van der Waals surface area contributed by atoms with E-state index >= 15 is 0 Å². The lowest BCUT2D eigenvalue weighted by Gasteiger charge is -2.39. The molecule has 2 heterocycles. The third-order valence-electron chi connectivity index (χ3n) is 8.21. The number of aliphatic hydroxyl groups is 1. The first kappa shape index (κ1) is 30.1. The van der Waals surface area contributed by atoms with E-state index in [9.17, 15) is 19.5 Å². The summed E-state index contributed by atoms with van der Waals surface area (Å²) in [5.41, 5.74) is 1.12. The van der Waals surface area contributed by atoms with Gasteiger partial charge in [-0.15, -0.1) is 0 Å². The number of piperidine rings is 1. The highest BCUT2D eigenvalue weighted by Gasteiger charge is 2.35. The zero-order valence-corrected chi connectivity index (χ0v) is 24.7.